The number of H-pyrrole nitrogens is 1. The lowest BCUT2D eigenvalue weighted by Gasteiger charge is -1.98. The Morgan fingerprint density at radius 1 is 1.42 bits per heavy atom. The van der Waals surface area contributed by atoms with Gasteiger partial charge >= 0.3 is 0 Å². The molecule has 1 aromatic carbocycles. The molecule has 0 atom stereocenters. The Labute approximate surface area is 75.3 Å². The summed E-state index contributed by atoms with van der Waals surface area (Å²) in [4.78, 5) is 3.09. The fourth-order valence-electron chi connectivity index (χ4n) is 1.39. The second-order valence-electron chi connectivity index (χ2n) is 2.86. The first-order valence-electron chi connectivity index (χ1n) is 3.72. The molecule has 2 aromatic rings. The molecule has 0 saturated heterocycles. The third kappa shape index (κ3) is 0.883. The van der Waals surface area contributed by atoms with Crippen molar-refractivity contribution in [3.05, 3.63) is 28.9 Å². The van der Waals surface area contributed by atoms with Gasteiger partial charge in [0.1, 0.15) is 0 Å². The van der Waals surface area contributed by atoms with Crippen LogP contribution in [-0.2, 0) is 0 Å². The second-order valence-corrected chi connectivity index (χ2v) is 3.27. The van der Waals surface area contributed by atoms with Crippen molar-refractivity contribution in [3.63, 3.8) is 0 Å². The fraction of sp³-hybridized carbons (Fsp3) is 0.111. The molecule has 2 rings (SSSR count). The Morgan fingerprint density at radius 3 is 2.83 bits per heavy atom. The van der Waals surface area contributed by atoms with E-state index in [0.717, 1.165) is 27.2 Å². The third-order valence-electron chi connectivity index (χ3n) is 2.01. The first-order chi connectivity index (χ1) is 5.70. The number of aromatic nitrogens is 1. The van der Waals surface area contributed by atoms with Gasteiger partial charge in [0.15, 0.2) is 0 Å². The summed E-state index contributed by atoms with van der Waals surface area (Å²) < 4.78 is 0. The first-order valence-corrected chi connectivity index (χ1v) is 4.09. The molecule has 2 nitrogen and oxygen atoms in total. The van der Waals surface area contributed by atoms with Crippen molar-refractivity contribution < 1.29 is 0 Å². The van der Waals surface area contributed by atoms with E-state index in [-0.39, 0.29) is 0 Å². The van der Waals surface area contributed by atoms with Crippen molar-refractivity contribution in [2.45, 2.75) is 6.92 Å². The fourth-order valence-corrected chi connectivity index (χ4v) is 1.69. The molecule has 0 amide bonds. The Kier molecular flexibility index (Phi) is 1.51. The first kappa shape index (κ1) is 7.50. The molecule has 12 heavy (non-hydrogen) atoms. The van der Waals surface area contributed by atoms with Gasteiger partial charge in [0, 0.05) is 11.6 Å². The largest absolute Gasteiger partial charge is 0.397 e. The molecule has 0 unspecified atom stereocenters. The zero-order valence-electron chi connectivity index (χ0n) is 6.69. The summed E-state index contributed by atoms with van der Waals surface area (Å²) in [5.41, 5.74) is 8.54. The van der Waals surface area contributed by atoms with E-state index in [1.54, 1.807) is 6.07 Å². The van der Waals surface area contributed by atoms with Crippen LogP contribution in [0.5, 0.6) is 0 Å². The number of nitrogen functional groups attached to an aromatic ring is 1. The Balaban J connectivity index is 2.98. The van der Waals surface area contributed by atoms with Crippen molar-refractivity contribution in [3.8, 4) is 0 Å². The third-order valence-corrected chi connectivity index (χ3v) is 2.33. The summed E-state index contributed by atoms with van der Waals surface area (Å²) in [6.07, 6.45) is 1.91. The van der Waals surface area contributed by atoms with Crippen molar-refractivity contribution >= 4 is 28.2 Å². The Hall–Kier alpha value is -1.15. The lowest BCUT2D eigenvalue weighted by atomic mass is 10.2. The van der Waals surface area contributed by atoms with E-state index >= 15 is 0 Å². The van der Waals surface area contributed by atoms with Crippen molar-refractivity contribution in [2.75, 3.05) is 5.73 Å². The van der Waals surface area contributed by atoms with Crippen LogP contribution in [0.2, 0.25) is 5.02 Å². The van der Waals surface area contributed by atoms with E-state index in [9.17, 15) is 0 Å². The lowest BCUT2D eigenvalue weighted by molar-refractivity contribution is 1.43. The summed E-state index contributed by atoms with van der Waals surface area (Å²) in [7, 11) is 0. The lowest BCUT2D eigenvalue weighted by Crippen LogP contribution is -1.85. The highest BCUT2D eigenvalue weighted by Gasteiger charge is 2.05. The summed E-state index contributed by atoms with van der Waals surface area (Å²) >= 11 is 6.00. The van der Waals surface area contributed by atoms with Gasteiger partial charge in [0.25, 0.3) is 0 Å². The van der Waals surface area contributed by atoms with Gasteiger partial charge in [0.05, 0.1) is 16.2 Å². The van der Waals surface area contributed by atoms with Gasteiger partial charge in [-0.15, -0.1) is 0 Å². The number of nitrogens with two attached hydrogens (primary N) is 1. The van der Waals surface area contributed by atoms with E-state index in [2.05, 4.69) is 4.98 Å². The van der Waals surface area contributed by atoms with Crippen LogP contribution >= 0.6 is 11.6 Å². The molecule has 0 aliphatic carbocycles. The average molecular weight is 181 g/mol. The molecule has 62 valence electrons. The molecule has 3 heteroatoms. The number of anilines is 1. The smallest absolute Gasteiger partial charge is 0.0705 e. The molecule has 0 aliphatic heterocycles. The Morgan fingerprint density at radius 2 is 2.17 bits per heavy atom. The number of aromatic amines is 1. The van der Waals surface area contributed by atoms with Gasteiger partial charge in [-0.25, -0.2) is 0 Å². The molecular weight excluding hydrogens is 172 g/mol. The van der Waals surface area contributed by atoms with E-state index in [0.29, 0.717) is 0 Å². The van der Waals surface area contributed by atoms with Crippen LogP contribution in [0.3, 0.4) is 0 Å². The minimum absolute atomic E-state index is 0.738. The predicted octanol–water partition coefficient (Wildman–Crippen LogP) is 2.71. The van der Waals surface area contributed by atoms with Gasteiger partial charge in [-0.3, -0.25) is 0 Å². The maximum Gasteiger partial charge on any atom is 0.0705 e. The number of hydrogen-bond acceptors (Lipinski definition) is 1. The highest BCUT2D eigenvalue weighted by molar-refractivity contribution is 6.36. The van der Waals surface area contributed by atoms with Gasteiger partial charge < -0.3 is 10.7 Å². The molecule has 0 fully saturated rings. The van der Waals surface area contributed by atoms with E-state index in [4.69, 9.17) is 17.3 Å². The van der Waals surface area contributed by atoms with Crippen LogP contribution in [0.15, 0.2) is 18.3 Å². The highest BCUT2D eigenvalue weighted by Crippen LogP contribution is 2.29. The topological polar surface area (TPSA) is 41.8 Å². The summed E-state index contributed by atoms with van der Waals surface area (Å²) in [5, 5.41) is 1.77. The minimum Gasteiger partial charge on any atom is -0.397 e. The molecule has 3 N–H and O–H groups in total. The van der Waals surface area contributed by atoms with Gasteiger partial charge in [-0.05, 0) is 24.6 Å². The summed E-state index contributed by atoms with van der Waals surface area (Å²) in [5.74, 6) is 0. The molecule has 0 aliphatic rings. The van der Waals surface area contributed by atoms with Crippen LogP contribution in [0.1, 0.15) is 5.56 Å². The SMILES string of the molecule is Cc1c[nH]c2c(N)ccc(Cl)c12. The zero-order chi connectivity index (χ0) is 8.72. The zero-order valence-corrected chi connectivity index (χ0v) is 7.44. The van der Waals surface area contributed by atoms with Crippen molar-refractivity contribution in [1.29, 1.82) is 0 Å². The van der Waals surface area contributed by atoms with E-state index < -0.39 is 0 Å². The average Bonchev–Trinajstić information content (AvgIpc) is 2.42. The number of nitrogens with one attached hydrogen (secondary N) is 1. The standard InChI is InChI=1S/C9H9ClN2/c1-5-4-12-9-7(11)3-2-6(10)8(5)9/h2-4,12H,11H2,1H3. The van der Waals surface area contributed by atoms with Crippen LogP contribution in [0, 0.1) is 6.92 Å². The van der Waals surface area contributed by atoms with Gasteiger partial charge in [-0.1, -0.05) is 11.6 Å². The normalized spacial score (nSPS) is 10.8. The van der Waals surface area contributed by atoms with Crippen LogP contribution in [0.25, 0.3) is 10.9 Å². The van der Waals surface area contributed by atoms with E-state index in [1.807, 2.05) is 19.2 Å². The molecule has 0 bridgehead atoms. The van der Waals surface area contributed by atoms with Crippen LogP contribution in [-0.4, -0.2) is 4.98 Å². The van der Waals surface area contributed by atoms with Crippen molar-refractivity contribution in [2.24, 2.45) is 0 Å². The monoisotopic (exact) mass is 180 g/mol. The van der Waals surface area contributed by atoms with Gasteiger partial charge in [0.2, 0.25) is 0 Å². The molecule has 0 saturated carbocycles. The number of fused-ring (bicyclic) bond motifs is 1. The number of aryl methyl sites for hydroxylation is 1. The number of benzene rings is 1. The number of rotatable bonds is 0. The van der Waals surface area contributed by atoms with Crippen molar-refractivity contribution in [1.82, 2.24) is 4.98 Å². The molecule has 1 heterocycles. The maximum atomic E-state index is 6.00. The van der Waals surface area contributed by atoms with Crippen LogP contribution < -0.4 is 5.73 Å². The van der Waals surface area contributed by atoms with E-state index in [1.165, 1.54) is 0 Å². The molecule has 0 radical (unpaired) electrons. The summed E-state index contributed by atoms with van der Waals surface area (Å²) in [6.45, 7) is 2.00. The maximum absolute atomic E-state index is 6.00. The van der Waals surface area contributed by atoms with Gasteiger partial charge in [-0.2, -0.15) is 0 Å². The quantitative estimate of drug-likeness (QED) is 0.602. The molecule has 0 spiro atoms. The Bertz CT molecular complexity index is 431. The molecule has 1 aromatic heterocycles. The summed E-state index contributed by atoms with van der Waals surface area (Å²) in [6, 6.07) is 3.63. The number of halogens is 1. The predicted molar refractivity (Wildman–Crippen MR) is 52.5 cm³/mol. The number of hydrogen-bond donors (Lipinski definition) is 2. The van der Waals surface area contributed by atoms with Crippen LogP contribution in [0.4, 0.5) is 5.69 Å². The second kappa shape index (κ2) is 2.42. The minimum atomic E-state index is 0.738. The molecular formula is C9H9ClN2. The highest BCUT2D eigenvalue weighted by atomic mass is 35.5.